The first-order valence-corrected chi connectivity index (χ1v) is 7.32. The van der Waals surface area contributed by atoms with Crippen molar-refractivity contribution in [3.05, 3.63) is 71.2 Å². The van der Waals surface area contributed by atoms with Crippen molar-refractivity contribution in [1.82, 2.24) is 0 Å². The van der Waals surface area contributed by atoms with Crippen molar-refractivity contribution in [2.75, 3.05) is 0 Å². The number of thiophene rings is 1. The zero-order chi connectivity index (χ0) is 13.9. The van der Waals surface area contributed by atoms with Crippen LogP contribution in [0.15, 0.2) is 60.7 Å². The van der Waals surface area contributed by atoms with E-state index in [4.69, 9.17) is 16.9 Å². The molecule has 1 heterocycles. The van der Waals surface area contributed by atoms with Crippen molar-refractivity contribution >= 4 is 22.9 Å². The van der Waals surface area contributed by atoms with Crippen LogP contribution in [0.4, 0.5) is 0 Å². The molecule has 0 amide bonds. The zero-order valence-electron chi connectivity index (χ0n) is 10.5. The first-order chi connectivity index (χ1) is 9.76. The summed E-state index contributed by atoms with van der Waals surface area (Å²) in [6.07, 6.45) is 0. The van der Waals surface area contributed by atoms with Crippen LogP contribution in [0.5, 0.6) is 0 Å². The van der Waals surface area contributed by atoms with Gasteiger partial charge < -0.3 is 0 Å². The van der Waals surface area contributed by atoms with Gasteiger partial charge in [0.1, 0.15) is 0 Å². The molecule has 0 aliphatic rings. The highest BCUT2D eigenvalue weighted by Gasteiger charge is 2.05. The summed E-state index contributed by atoms with van der Waals surface area (Å²) >= 11 is 7.64. The smallest absolute Gasteiger partial charge is 0.0991 e. The third-order valence-electron chi connectivity index (χ3n) is 3.03. The van der Waals surface area contributed by atoms with Gasteiger partial charge in [-0.2, -0.15) is 5.26 Å². The average molecular weight is 296 g/mol. The monoisotopic (exact) mass is 295 g/mol. The van der Waals surface area contributed by atoms with Gasteiger partial charge in [-0.1, -0.05) is 35.9 Å². The maximum atomic E-state index is 8.82. The van der Waals surface area contributed by atoms with Gasteiger partial charge in [0.15, 0.2) is 0 Å². The van der Waals surface area contributed by atoms with Crippen LogP contribution in [0.1, 0.15) is 5.56 Å². The van der Waals surface area contributed by atoms with Gasteiger partial charge in [0, 0.05) is 14.8 Å². The fourth-order valence-corrected chi connectivity index (χ4v) is 3.11. The first-order valence-electron chi connectivity index (χ1n) is 6.12. The average Bonchev–Trinajstić information content (AvgIpc) is 2.98. The molecule has 0 atom stereocenters. The summed E-state index contributed by atoms with van der Waals surface area (Å²) in [6, 6.07) is 21.9. The predicted octanol–water partition coefficient (Wildman–Crippen LogP) is 5.61. The highest BCUT2D eigenvalue weighted by atomic mass is 35.5. The quantitative estimate of drug-likeness (QED) is 0.603. The minimum Gasteiger partial charge on any atom is -0.192 e. The topological polar surface area (TPSA) is 23.8 Å². The van der Waals surface area contributed by atoms with Crippen LogP contribution in [0.25, 0.3) is 20.9 Å². The molecule has 0 saturated carbocycles. The number of benzene rings is 2. The third-order valence-corrected chi connectivity index (χ3v) is 4.47. The summed E-state index contributed by atoms with van der Waals surface area (Å²) in [6.45, 7) is 0. The Morgan fingerprint density at radius 2 is 1.25 bits per heavy atom. The van der Waals surface area contributed by atoms with E-state index in [1.54, 1.807) is 11.3 Å². The molecular weight excluding hydrogens is 286 g/mol. The van der Waals surface area contributed by atoms with E-state index in [1.807, 2.05) is 48.5 Å². The second kappa shape index (κ2) is 5.50. The molecule has 2 aromatic carbocycles. The second-order valence-electron chi connectivity index (χ2n) is 4.36. The Labute approximate surface area is 126 Å². The Hall–Kier alpha value is -2.08. The van der Waals surface area contributed by atoms with Crippen LogP contribution >= 0.6 is 22.9 Å². The summed E-state index contributed by atoms with van der Waals surface area (Å²) in [7, 11) is 0. The third kappa shape index (κ3) is 2.60. The first kappa shape index (κ1) is 12.9. The van der Waals surface area contributed by atoms with Gasteiger partial charge in [0.05, 0.1) is 11.6 Å². The fourth-order valence-electron chi connectivity index (χ4n) is 1.97. The molecular formula is C17H10ClNS. The Kier molecular flexibility index (Phi) is 3.56. The highest BCUT2D eigenvalue weighted by Crippen LogP contribution is 2.34. The molecule has 20 heavy (non-hydrogen) atoms. The lowest BCUT2D eigenvalue weighted by Crippen LogP contribution is -1.74. The minimum atomic E-state index is 0.684. The molecule has 0 bridgehead atoms. The fraction of sp³-hybridized carbons (Fsp3) is 0. The molecule has 0 aliphatic heterocycles. The maximum Gasteiger partial charge on any atom is 0.0991 e. The maximum absolute atomic E-state index is 8.82. The van der Waals surface area contributed by atoms with Crippen LogP contribution in [0.3, 0.4) is 0 Å². The van der Waals surface area contributed by atoms with Crippen molar-refractivity contribution in [3.8, 4) is 27.0 Å². The highest BCUT2D eigenvalue weighted by molar-refractivity contribution is 7.18. The molecule has 96 valence electrons. The van der Waals surface area contributed by atoms with E-state index in [9.17, 15) is 0 Å². The summed E-state index contributed by atoms with van der Waals surface area (Å²) in [5, 5.41) is 9.56. The number of nitriles is 1. The standard InChI is InChI=1S/C17H10ClNS/c18-15-7-5-14(6-8-15)17-10-9-16(20-17)13-3-1-12(11-19)2-4-13/h1-10H. The van der Waals surface area contributed by atoms with Crippen molar-refractivity contribution in [3.63, 3.8) is 0 Å². The Bertz CT molecular complexity index is 764. The molecule has 0 spiro atoms. The summed E-state index contributed by atoms with van der Waals surface area (Å²) in [5.41, 5.74) is 2.98. The van der Waals surface area contributed by atoms with E-state index in [0.717, 1.165) is 10.6 Å². The van der Waals surface area contributed by atoms with E-state index in [-0.39, 0.29) is 0 Å². The number of rotatable bonds is 2. The second-order valence-corrected chi connectivity index (χ2v) is 5.88. The van der Waals surface area contributed by atoms with E-state index < -0.39 is 0 Å². The van der Waals surface area contributed by atoms with Crippen LogP contribution in [-0.4, -0.2) is 0 Å². The number of nitrogens with zero attached hydrogens (tertiary/aromatic N) is 1. The van der Waals surface area contributed by atoms with Gasteiger partial charge in [-0.25, -0.2) is 0 Å². The van der Waals surface area contributed by atoms with Crippen LogP contribution in [-0.2, 0) is 0 Å². The Morgan fingerprint density at radius 3 is 1.75 bits per heavy atom. The van der Waals surface area contributed by atoms with E-state index in [1.165, 1.54) is 15.3 Å². The molecule has 0 saturated heterocycles. The largest absolute Gasteiger partial charge is 0.192 e. The molecule has 1 aromatic heterocycles. The number of halogens is 1. The van der Waals surface area contributed by atoms with Crippen molar-refractivity contribution < 1.29 is 0 Å². The Morgan fingerprint density at radius 1 is 0.750 bits per heavy atom. The van der Waals surface area contributed by atoms with Gasteiger partial charge in [0.2, 0.25) is 0 Å². The van der Waals surface area contributed by atoms with Gasteiger partial charge in [-0.3, -0.25) is 0 Å². The van der Waals surface area contributed by atoms with Crippen molar-refractivity contribution in [2.45, 2.75) is 0 Å². The van der Waals surface area contributed by atoms with E-state index in [2.05, 4.69) is 18.2 Å². The molecule has 1 nitrogen and oxygen atoms in total. The molecule has 3 rings (SSSR count). The van der Waals surface area contributed by atoms with Gasteiger partial charge in [-0.05, 0) is 47.5 Å². The molecule has 0 fully saturated rings. The minimum absolute atomic E-state index is 0.684. The van der Waals surface area contributed by atoms with Gasteiger partial charge >= 0.3 is 0 Å². The predicted molar refractivity (Wildman–Crippen MR) is 84.9 cm³/mol. The van der Waals surface area contributed by atoms with E-state index in [0.29, 0.717) is 5.56 Å². The zero-order valence-corrected chi connectivity index (χ0v) is 12.1. The summed E-state index contributed by atoms with van der Waals surface area (Å²) in [5.74, 6) is 0. The molecule has 3 aromatic rings. The van der Waals surface area contributed by atoms with Crippen LogP contribution in [0, 0.1) is 11.3 Å². The normalized spacial score (nSPS) is 10.2. The molecule has 3 heteroatoms. The molecule has 0 aliphatic carbocycles. The van der Waals surface area contributed by atoms with Crippen molar-refractivity contribution in [1.29, 1.82) is 5.26 Å². The SMILES string of the molecule is N#Cc1ccc(-c2ccc(-c3ccc(Cl)cc3)s2)cc1. The van der Waals surface area contributed by atoms with E-state index >= 15 is 0 Å². The lowest BCUT2D eigenvalue weighted by molar-refractivity contribution is 1.49. The molecule has 0 radical (unpaired) electrons. The lowest BCUT2D eigenvalue weighted by atomic mass is 10.1. The Balaban J connectivity index is 1.93. The number of hydrogen-bond acceptors (Lipinski definition) is 2. The number of hydrogen-bond donors (Lipinski definition) is 0. The van der Waals surface area contributed by atoms with Crippen LogP contribution < -0.4 is 0 Å². The van der Waals surface area contributed by atoms with Gasteiger partial charge in [0.25, 0.3) is 0 Å². The lowest BCUT2D eigenvalue weighted by Gasteiger charge is -1.98. The summed E-state index contributed by atoms with van der Waals surface area (Å²) in [4.78, 5) is 2.40. The van der Waals surface area contributed by atoms with Crippen molar-refractivity contribution in [2.24, 2.45) is 0 Å². The summed E-state index contributed by atoms with van der Waals surface area (Å²) < 4.78 is 0. The molecule has 0 unspecified atom stereocenters. The van der Waals surface area contributed by atoms with Crippen LogP contribution in [0.2, 0.25) is 5.02 Å². The molecule has 0 N–H and O–H groups in total. The van der Waals surface area contributed by atoms with Gasteiger partial charge in [-0.15, -0.1) is 11.3 Å².